The summed E-state index contributed by atoms with van der Waals surface area (Å²) in [5.41, 5.74) is 3.85. The van der Waals surface area contributed by atoms with Crippen LogP contribution in [0.4, 0.5) is 5.69 Å². The van der Waals surface area contributed by atoms with Crippen LogP contribution >= 0.6 is 0 Å². The van der Waals surface area contributed by atoms with E-state index in [9.17, 15) is 9.59 Å². The van der Waals surface area contributed by atoms with E-state index in [4.69, 9.17) is 0 Å². The van der Waals surface area contributed by atoms with Crippen LogP contribution < -0.4 is 10.6 Å². The molecular weight excluding hydrogens is 350 g/mol. The van der Waals surface area contributed by atoms with Crippen molar-refractivity contribution in [2.45, 2.75) is 45.2 Å². The molecule has 1 fully saturated rings. The number of rotatable bonds is 8. The topological polar surface area (TPSA) is 61.4 Å². The Hall–Kier alpha value is -2.66. The molecule has 0 unspecified atom stereocenters. The molecule has 5 nitrogen and oxygen atoms in total. The predicted molar refractivity (Wildman–Crippen MR) is 112 cm³/mol. The molecule has 2 aromatic carbocycles. The average Bonchev–Trinajstić information content (AvgIpc) is 3.53. The number of benzene rings is 2. The van der Waals surface area contributed by atoms with Gasteiger partial charge in [0.15, 0.2) is 0 Å². The molecule has 2 amide bonds. The third-order valence-electron chi connectivity index (χ3n) is 5.10. The van der Waals surface area contributed by atoms with Crippen LogP contribution in [0.3, 0.4) is 0 Å². The van der Waals surface area contributed by atoms with E-state index in [2.05, 4.69) is 53.6 Å². The molecule has 0 aromatic heterocycles. The first-order chi connectivity index (χ1) is 13.5. The van der Waals surface area contributed by atoms with Gasteiger partial charge in [-0.25, -0.2) is 0 Å². The number of nitrogens with zero attached hydrogens (tertiary/aromatic N) is 1. The van der Waals surface area contributed by atoms with Gasteiger partial charge in [-0.15, -0.1) is 0 Å². The number of anilines is 1. The van der Waals surface area contributed by atoms with Gasteiger partial charge in [-0.3, -0.25) is 14.5 Å². The summed E-state index contributed by atoms with van der Waals surface area (Å²) >= 11 is 0. The van der Waals surface area contributed by atoms with Crippen molar-refractivity contribution in [2.24, 2.45) is 0 Å². The van der Waals surface area contributed by atoms with E-state index in [1.54, 1.807) is 31.3 Å². The van der Waals surface area contributed by atoms with Gasteiger partial charge in [-0.05, 0) is 54.2 Å². The van der Waals surface area contributed by atoms with Gasteiger partial charge < -0.3 is 10.6 Å². The van der Waals surface area contributed by atoms with Crippen molar-refractivity contribution in [1.82, 2.24) is 10.2 Å². The summed E-state index contributed by atoms with van der Waals surface area (Å²) in [5.74, 6) is 0.355. The van der Waals surface area contributed by atoms with E-state index in [0.717, 1.165) is 19.4 Å². The minimum atomic E-state index is -0.138. The van der Waals surface area contributed by atoms with Crippen LogP contribution in [0.5, 0.6) is 0 Å². The first-order valence-corrected chi connectivity index (χ1v) is 9.91. The molecule has 3 rings (SSSR count). The molecule has 1 aliphatic carbocycles. The summed E-state index contributed by atoms with van der Waals surface area (Å²) in [6.07, 6.45) is 2.30. The van der Waals surface area contributed by atoms with Crippen molar-refractivity contribution in [3.8, 4) is 0 Å². The fourth-order valence-electron chi connectivity index (χ4n) is 3.23. The second kappa shape index (κ2) is 9.02. The highest BCUT2D eigenvalue weighted by Crippen LogP contribution is 2.28. The minimum absolute atomic E-state index is 0.0293. The van der Waals surface area contributed by atoms with E-state index in [-0.39, 0.29) is 11.8 Å². The van der Waals surface area contributed by atoms with Crippen molar-refractivity contribution in [3.63, 3.8) is 0 Å². The van der Waals surface area contributed by atoms with Crippen LogP contribution in [0.15, 0.2) is 48.5 Å². The van der Waals surface area contributed by atoms with Gasteiger partial charge >= 0.3 is 0 Å². The number of nitrogens with one attached hydrogen (secondary N) is 2. The molecule has 0 atom stereocenters. The number of carbonyl (C=O) groups is 2. The molecule has 0 heterocycles. The highest BCUT2D eigenvalue weighted by molar-refractivity contribution is 5.96. The van der Waals surface area contributed by atoms with Gasteiger partial charge in [0, 0.05) is 30.9 Å². The molecule has 2 aromatic rings. The molecule has 1 saturated carbocycles. The average molecular weight is 380 g/mol. The molecule has 2 N–H and O–H groups in total. The van der Waals surface area contributed by atoms with E-state index >= 15 is 0 Å². The molecular formula is C23H29N3O2. The second-order valence-electron chi connectivity index (χ2n) is 7.74. The van der Waals surface area contributed by atoms with Crippen molar-refractivity contribution in [1.29, 1.82) is 0 Å². The monoisotopic (exact) mass is 379 g/mol. The van der Waals surface area contributed by atoms with Crippen molar-refractivity contribution in [2.75, 3.05) is 18.9 Å². The third kappa shape index (κ3) is 5.42. The molecule has 0 aliphatic heterocycles. The Balaban J connectivity index is 1.58. The zero-order valence-electron chi connectivity index (χ0n) is 16.9. The lowest BCUT2D eigenvalue weighted by Crippen LogP contribution is -2.34. The van der Waals surface area contributed by atoms with Crippen LogP contribution in [-0.4, -0.2) is 36.3 Å². The number of hydrogen-bond acceptors (Lipinski definition) is 3. The maximum Gasteiger partial charge on any atom is 0.251 e. The Bertz CT molecular complexity index is 809. The Morgan fingerprint density at radius 3 is 2.21 bits per heavy atom. The molecule has 0 radical (unpaired) electrons. The van der Waals surface area contributed by atoms with Gasteiger partial charge in [0.25, 0.3) is 5.91 Å². The first-order valence-electron chi connectivity index (χ1n) is 9.91. The van der Waals surface area contributed by atoms with E-state index < -0.39 is 0 Å². The maximum atomic E-state index is 12.5. The van der Waals surface area contributed by atoms with Gasteiger partial charge in [0.1, 0.15) is 0 Å². The van der Waals surface area contributed by atoms with Gasteiger partial charge in [0.05, 0.1) is 6.54 Å². The number of amides is 2. The summed E-state index contributed by atoms with van der Waals surface area (Å²) in [5, 5.41) is 5.52. The summed E-state index contributed by atoms with van der Waals surface area (Å²) in [6.45, 7) is 5.54. The highest BCUT2D eigenvalue weighted by Gasteiger charge is 2.30. The second-order valence-corrected chi connectivity index (χ2v) is 7.74. The third-order valence-corrected chi connectivity index (χ3v) is 5.10. The Labute approximate surface area is 167 Å². The zero-order chi connectivity index (χ0) is 20.1. The lowest BCUT2D eigenvalue weighted by molar-refractivity contribution is -0.117. The van der Waals surface area contributed by atoms with Crippen molar-refractivity contribution in [3.05, 3.63) is 65.2 Å². The van der Waals surface area contributed by atoms with Gasteiger partial charge in [-0.2, -0.15) is 0 Å². The molecule has 28 heavy (non-hydrogen) atoms. The Morgan fingerprint density at radius 1 is 1.04 bits per heavy atom. The van der Waals surface area contributed by atoms with E-state index in [1.165, 1.54) is 11.1 Å². The van der Waals surface area contributed by atoms with Gasteiger partial charge in [0.2, 0.25) is 5.91 Å². The van der Waals surface area contributed by atoms with Crippen molar-refractivity contribution < 1.29 is 9.59 Å². The Kier molecular flexibility index (Phi) is 6.47. The SMILES string of the molecule is CNC(=O)c1ccc(NC(=O)CN(Cc2ccc(C(C)C)cc2)C2CC2)cc1. The van der Waals surface area contributed by atoms with Crippen LogP contribution in [-0.2, 0) is 11.3 Å². The summed E-state index contributed by atoms with van der Waals surface area (Å²) in [4.78, 5) is 26.4. The fourth-order valence-corrected chi connectivity index (χ4v) is 3.23. The normalized spacial score (nSPS) is 13.6. The summed E-state index contributed by atoms with van der Waals surface area (Å²) in [7, 11) is 1.60. The summed E-state index contributed by atoms with van der Waals surface area (Å²) < 4.78 is 0. The van der Waals surface area contributed by atoms with Gasteiger partial charge in [-0.1, -0.05) is 38.1 Å². The first kappa shape index (κ1) is 20.1. The quantitative estimate of drug-likeness (QED) is 0.734. The molecule has 5 heteroatoms. The molecule has 0 bridgehead atoms. The van der Waals surface area contributed by atoms with Crippen LogP contribution in [0.2, 0.25) is 0 Å². The lowest BCUT2D eigenvalue weighted by Gasteiger charge is -2.22. The van der Waals surface area contributed by atoms with Crippen LogP contribution in [0.1, 0.15) is 54.1 Å². The predicted octanol–water partition coefficient (Wildman–Crippen LogP) is 3.77. The maximum absolute atomic E-state index is 12.5. The largest absolute Gasteiger partial charge is 0.355 e. The Morgan fingerprint density at radius 2 is 1.68 bits per heavy atom. The van der Waals surface area contributed by atoms with E-state index in [1.807, 2.05) is 0 Å². The summed E-state index contributed by atoms with van der Waals surface area (Å²) in [6, 6.07) is 16.1. The zero-order valence-corrected chi connectivity index (χ0v) is 16.9. The molecule has 1 aliphatic rings. The molecule has 0 saturated heterocycles. The van der Waals surface area contributed by atoms with Crippen LogP contribution in [0, 0.1) is 0 Å². The number of carbonyl (C=O) groups excluding carboxylic acids is 2. The number of hydrogen-bond donors (Lipinski definition) is 2. The standard InChI is InChI=1S/C23H29N3O2/c1-16(2)18-6-4-17(5-7-18)14-26(21-12-13-21)15-22(27)25-20-10-8-19(9-11-20)23(28)24-3/h4-11,16,21H,12-15H2,1-3H3,(H,24,28)(H,25,27). The minimum Gasteiger partial charge on any atom is -0.355 e. The van der Waals surface area contributed by atoms with Crippen molar-refractivity contribution >= 4 is 17.5 Å². The highest BCUT2D eigenvalue weighted by atomic mass is 16.2. The molecule has 148 valence electrons. The molecule has 0 spiro atoms. The van der Waals surface area contributed by atoms with E-state index in [0.29, 0.717) is 29.8 Å². The fraction of sp³-hybridized carbons (Fsp3) is 0.391. The lowest BCUT2D eigenvalue weighted by atomic mass is 10.0. The van der Waals surface area contributed by atoms with Crippen LogP contribution in [0.25, 0.3) is 0 Å². The smallest absolute Gasteiger partial charge is 0.251 e.